The van der Waals surface area contributed by atoms with Crippen molar-refractivity contribution in [3.63, 3.8) is 0 Å². The summed E-state index contributed by atoms with van der Waals surface area (Å²) in [6.07, 6.45) is 8.80. The highest BCUT2D eigenvalue weighted by Crippen LogP contribution is 2.65. The fourth-order valence-corrected chi connectivity index (χ4v) is 8.01. The quantitative estimate of drug-likeness (QED) is 0.559. The Morgan fingerprint density at radius 1 is 1.21 bits per heavy atom. The molecule has 5 aliphatic rings. The van der Waals surface area contributed by atoms with Crippen LogP contribution in [0.2, 0.25) is 5.02 Å². The van der Waals surface area contributed by atoms with Gasteiger partial charge in [-0.15, -0.1) is 0 Å². The number of rotatable bonds is 7. The fourth-order valence-electron chi connectivity index (χ4n) is 7.89. The van der Waals surface area contributed by atoms with E-state index in [0.29, 0.717) is 29.4 Å². The number of nitrogens with zero attached hydrogens (tertiary/aromatic N) is 1. The van der Waals surface area contributed by atoms with Crippen LogP contribution in [0.25, 0.3) is 6.08 Å². The van der Waals surface area contributed by atoms with Gasteiger partial charge in [-0.05, 0) is 73.9 Å². The zero-order chi connectivity index (χ0) is 26.1. The van der Waals surface area contributed by atoms with E-state index in [-0.39, 0.29) is 24.2 Å². The monoisotopic (exact) mass is 532 g/mol. The molecule has 2 heterocycles. The standard InChI is InChI=1S/C31H33ClN2O4/c1-37-24-12-9-21-17-25-31(33-26(36)4-2-3-19-7-10-22(32)11-8-19)14-13-23(35)29-30(31,27(21)28(24)38-29)15-16-34(25)18-20-5-6-20/h2-3,7-12,20,25,29H,4-6,13-18H2,1H3,(H,33,36)/b3-2+/t25-,29+,30+,31-/m1/s1. The Morgan fingerprint density at radius 2 is 2.03 bits per heavy atom. The lowest BCUT2D eigenvalue weighted by Crippen LogP contribution is -2.81. The van der Waals surface area contributed by atoms with Crippen LogP contribution in [0.3, 0.4) is 0 Å². The van der Waals surface area contributed by atoms with E-state index < -0.39 is 17.1 Å². The highest BCUT2D eigenvalue weighted by Gasteiger charge is 2.73. The zero-order valence-corrected chi connectivity index (χ0v) is 22.4. The number of ketones is 1. The van der Waals surface area contributed by atoms with E-state index in [9.17, 15) is 9.59 Å². The Hall–Kier alpha value is -2.83. The van der Waals surface area contributed by atoms with Gasteiger partial charge in [-0.2, -0.15) is 0 Å². The first-order valence-corrected chi connectivity index (χ1v) is 14.2. The second-order valence-corrected chi connectivity index (χ2v) is 12.1. The van der Waals surface area contributed by atoms with Crippen LogP contribution in [0.15, 0.2) is 42.5 Å². The topological polar surface area (TPSA) is 67.9 Å². The molecule has 2 aromatic carbocycles. The molecular weight excluding hydrogens is 500 g/mol. The number of hydrogen-bond donors (Lipinski definition) is 1. The summed E-state index contributed by atoms with van der Waals surface area (Å²) in [5, 5.41) is 4.27. The number of amides is 1. The second-order valence-electron chi connectivity index (χ2n) is 11.7. The van der Waals surface area contributed by atoms with Crippen LogP contribution >= 0.6 is 11.6 Å². The molecule has 38 heavy (non-hydrogen) atoms. The molecule has 7 rings (SSSR count). The largest absolute Gasteiger partial charge is 0.493 e. The molecule has 0 unspecified atom stereocenters. The number of halogens is 1. The lowest BCUT2D eigenvalue weighted by atomic mass is 9.47. The highest BCUT2D eigenvalue weighted by molar-refractivity contribution is 6.30. The summed E-state index contributed by atoms with van der Waals surface area (Å²) in [5.74, 6) is 2.25. The summed E-state index contributed by atoms with van der Waals surface area (Å²) in [6, 6.07) is 11.8. The number of Topliss-reactive ketones (excluding diaryl/α,β-unsaturated/α-hetero) is 1. The predicted octanol–water partition coefficient (Wildman–Crippen LogP) is 4.71. The van der Waals surface area contributed by atoms with Crippen LogP contribution < -0.4 is 14.8 Å². The summed E-state index contributed by atoms with van der Waals surface area (Å²) >= 11 is 6.01. The van der Waals surface area contributed by atoms with Crippen LogP contribution in [-0.2, 0) is 21.4 Å². The molecule has 1 saturated heterocycles. The van der Waals surface area contributed by atoms with Gasteiger partial charge in [0.15, 0.2) is 23.4 Å². The maximum atomic E-state index is 13.7. The van der Waals surface area contributed by atoms with Crippen molar-refractivity contribution in [1.29, 1.82) is 0 Å². The molecule has 2 saturated carbocycles. The van der Waals surface area contributed by atoms with Gasteiger partial charge in [-0.1, -0.05) is 42.0 Å². The zero-order valence-electron chi connectivity index (χ0n) is 21.7. The maximum absolute atomic E-state index is 13.7. The van der Waals surface area contributed by atoms with Gasteiger partial charge >= 0.3 is 0 Å². The van der Waals surface area contributed by atoms with Crippen molar-refractivity contribution in [3.05, 3.63) is 64.2 Å². The van der Waals surface area contributed by atoms with E-state index in [4.69, 9.17) is 21.1 Å². The number of carbonyl (C=O) groups is 2. The van der Waals surface area contributed by atoms with Crippen molar-refractivity contribution >= 4 is 29.4 Å². The minimum absolute atomic E-state index is 0.0132. The Morgan fingerprint density at radius 3 is 2.79 bits per heavy atom. The summed E-state index contributed by atoms with van der Waals surface area (Å²) < 4.78 is 12.2. The Kier molecular flexibility index (Phi) is 5.64. The van der Waals surface area contributed by atoms with Crippen molar-refractivity contribution in [2.75, 3.05) is 20.2 Å². The highest BCUT2D eigenvalue weighted by atomic mass is 35.5. The maximum Gasteiger partial charge on any atom is 0.224 e. The molecular formula is C31H33ClN2O4. The van der Waals surface area contributed by atoms with E-state index in [0.717, 1.165) is 43.0 Å². The third-order valence-corrected chi connectivity index (χ3v) is 9.92. The van der Waals surface area contributed by atoms with Gasteiger partial charge in [0.2, 0.25) is 5.91 Å². The van der Waals surface area contributed by atoms with Gasteiger partial charge in [0.05, 0.1) is 18.1 Å². The average molecular weight is 533 g/mol. The second kappa shape index (κ2) is 8.85. The number of carbonyl (C=O) groups excluding carboxylic acids is 2. The van der Waals surface area contributed by atoms with Crippen LogP contribution in [0.1, 0.15) is 55.2 Å². The van der Waals surface area contributed by atoms with E-state index >= 15 is 0 Å². The van der Waals surface area contributed by atoms with Crippen LogP contribution in [0, 0.1) is 5.92 Å². The van der Waals surface area contributed by atoms with E-state index in [1.54, 1.807) is 7.11 Å². The van der Waals surface area contributed by atoms with Crippen molar-refractivity contribution in [2.24, 2.45) is 5.92 Å². The fraction of sp³-hybridized carbons (Fsp3) is 0.484. The molecule has 3 aliphatic carbocycles. The molecule has 6 nitrogen and oxygen atoms in total. The smallest absolute Gasteiger partial charge is 0.224 e. The first kappa shape index (κ1) is 24.2. The molecule has 1 N–H and O–H groups in total. The molecule has 1 spiro atoms. The molecule has 4 atom stereocenters. The number of likely N-dealkylation sites (tertiary alicyclic amines) is 1. The summed E-state index contributed by atoms with van der Waals surface area (Å²) in [6.45, 7) is 1.98. The van der Waals surface area contributed by atoms with E-state index in [1.807, 2.05) is 42.5 Å². The molecule has 1 amide bonds. The Bertz CT molecular complexity index is 1340. The van der Waals surface area contributed by atoms with Crippen LogP contribution in [-0.4, -0.2) is 54.5 Å². The lowest BCUT2D eigenvalue weighted by molar-refractivity contribution is -0.149. The molecule has 0 radical (unpaired) electrons. The van der Waals surface area contributed by atoms with Gasteiger partial charge in [-0.3, -0.25) is 14.5 Å². The summed E-state index contributed by atoms with van der Waals surface area (Å²) in [7, 11) is 1.65. The molecule has 198 valence electrons. The normalized spacial score (nSPS) is 31.2. The van der Waals surface area contributed by atoms with Crippen molar-refractivity contribution in [3.8, 4) is 11.5 Å². The van der Waals surface area contributed by atoms with Crippen molar-refractivity contribution in [2.45, 2.75) is 68.0 Å². The number of ether oxygens (including phenoxy) is 2. The third kappa shape index (κ3) is 3.49. The van der Waals surface area contributed by atoms with Gasteiger partial charge in [0.25, 0.3) is 0 Å². The Balaban J connectivity index is 1.28. The van der Waals surface area contributed by atoms with Crippen LogP contribution in [0.5, 0.6) is 11.5 Å². The van der Waals surface area contributed by atoms with Crippen LogP contribution in [0.4, 0.5) is 0 Å². The summed E-state index contributed by atoms with van der Waals surface area (Å²) in [5.41, 5.74) is 2.21. The first-order chi connectivity index (χ1) is 18.4. The predicted molar refractivity (Wildman–Crippen MR) is 146 cm³/mol. The third-order valence-electron chi connectivity index (χ3n) is 9.66. The number of hydrogen-bond acceptors (Lipinski definition) is 5. The van der Waals surface area contributed by atoms with Gasteiger partial charge in [-0.25, -0.2) is 0 Å². The number of methoxy groups -OCH3 is 1. The molecule has 7 heteroatoms. The Labute approximate surface area is 228 Å². The molecule has 2 aliphatic heterocycles. The molecule has 3 fully saturated rings. The minimum atomic E-state index is -0.586. The van der Waals surface area contributed by atoms with Crippen molar-refractivity contribution in [1.82, 2.24) is 10.2 Å². The first-order valence-electron chi connectivity index (χ1n) is 13.8. The van der Waals surface area contributed by atoms with Gasteiger partial charge < -0.3 is 14.8 Å². The minimum Gasteiger partial charge on any atom is -0.493 e. The molecule has 0 aromatic heterocycles. The lowest BCUT2D eigenvalue weighted by Gasteiger charge is -2.65. The van der Waals surface area contributed by atoms with Crippen molar-refractivity contribution < 1.29 is 19.1 Å². The number of benzene rings is 2. The number of piperidine rings is 1. The molecule has 2 bridgehead atoms. The SMILES string of the molecule is COc1ccc2c3c1O[C@H]1C(=O)CC[C@@]4(NC(=O)C/C=C/c5ccc(Cl)cc5)[C@@H](C2)N(CC2CC2)CC[C@]314. The molecule has 2 aromatic rings. The average Bonchev–Trinajstić information content (AvgIpc) is 3.65. The van der Waals surface area contributed by atoms with Gasteiger partial charge in [0, 0.05) is 36.0 Å². The number of nitrogens with one attached hydrogen (secondary N) is 1. The van der Waals surface area contributed by atoms with E-state index in [1.165, 1.54) is 18.4 Å². The summed E-state index contributed by atoms with van der Waals surface area (Å²) in [4.78, 5) is 29.7. The van der Waals surface area contributed by atoms with Gasteiger partial charge in [0.1, 0.15) is 0 Å². The van der Waals surface area contributed by atoms with E-state index in [2.05, 4.69) is 16.3 Å².